The van der Waals surface area contributed by atoms with Gasteiger partial charge in [0.25, 0.3) is 0 Å². The Labute approximate surface area is 429 Å². The van der Waals surface area contributed by atoms with E-state index in [0.29, 0.717) is 5.41 Å². The summed E-state index contributed by atoms with van der Waals surface area (Å²) in [4.78, 5) is 2.59. The van der Waals surface area contributed by atoms with E-state index in [-0.39, 0.29) is 5.41 Å². The monoisotopic (exact) mass is 935 g/mol. The lowest BCUT2D eigenvalue weighted by atomic mass is 9.48. The topological polar surface area (TPSA) is 3.24 Å². The molecule has 0 aromatic heterocycles. The fourth-order valence-electron chi connectivity index (χ4n) is 16.6. The van der Waals surface area contributed by atoms with Crippen molar-refractivity contribution in [1.82, 2.24) is 0 Å². The Morgan fingerprint density at radius 2 is 0.890 bits per heavy atom. The lowest BCUT2D eigenvalue weighted by Crippen LogP contribution is -2.48. The zero-order valence-corrected chi connectivity index (χ0v) is 41.7. The molecule has 0 amide bonds. The predicted octanol–water partition coefficient (Wildman–Crippen LogP) is 18.8. The number of anilines is 3. The normalized spacial score (nSPS) is 21.4. The molecular weight excluding hydrogens is 879 g/mol. The van der Waals surface area contributed by atoms with Crippen LogP contribution in [0.25, 0.3) is 66.4 Å². The van der Waals surface area contributed by atoms with Crippen molar-refractivity contribution in [2.45, 2.75) is 68.6 Å². The molecule has 0 N–H and O–H groups in total. The van der Waals surface area contributed by atoms with E-state index in [1.54, 1.807) is 5.56 Å². The van der Waals surface area contributed by atoms with E-state index in [4.69, 9.17) is 0 Å². The van der Waals surface area contributed by atoms with Gasteiger partial charge in [0.05, 0.1) is 11.1 Å². The number of rotatable bonds is 6. The van der Waals surface area contributed by atoms with Crippen LogP contribution >= 0.6 is 0 Å². The van der Waals surface area contributed by atoms with Gasteiger partial charge in [0.1, 0.15) is 0 Å². The van der Waals surface area contributed by atoms with E-state index in [2.05, 4.69) is 237 Å². The average molecular weight is 936 g/mol. The Morgan fingerprint density at radius 1 is 0.370 bits per heavy atom. The molecular formula is C72H57N. The van der Waals surface area contributed by atoms with Crippen LogP contribution in [0.1, 0.15) is 91.3 Å². The summed E-state index contributed by atoms with van der Waals surface area (Å²) in [5.74, 6) is 2.68. The highest BCUT2D eigenvalue weighted by molar-refractivity contribution is 6.07. The first-order valence-electron chi connectivity index (χ1n) is 27.1. The third-order valence-corrected chi connectivity index (χ3v) is 19.2. The molecule has 0 atom stereocenters. The minimum atomic E-state index is -0.457. The molecule has 4 bridgehead atoms. The van der Waals surface area contributed by atoms with Crippen LogP contribution in [0.3, 0.4) is 0 Å². The van der Waals surface area contributed by atoms with Gasteiger partial charge in [0.15, 0.2) is 0 Å². The van der Waals surface area contributed by atoms with Crippen LogP contribution in [0.2, 0.25) is 0 Å². The van der Waals surface area contributed by atoms with Crippen LogP contribution in [0, 0.1) is 17.8 Å². The minimum Gasteiger partial charge on any atom is -0.310 e. The third-order valence-electron chi connectivity index (χ3n) is 19.2. The van der Waals surface area contributed by atoms with Gasteiger partial charge in [0, 0.05) is 22.4 Å². The van der Waals surface area contributed by atoms with Crippen molar-refractivity contribution in [2.24, 2.45) is 17.8 Å². The molecule has 7 aliphatic carbocycles. The molecule has 17 rings (SSSR count). The molecule has 73 heavy (non-hydrogen) atoms. The van der Waals surface area contributed by atoms with Gasteiger partial charge in [-0.15, -0.1) is 0 Å². The molecule has 0 aliphatic heterocycles. The maximum Gasteiger partial charge on any atom is 0.0726 e. The van der Waals surface area contributed by atoms with Crippen LogP contribution in [-0.2, 0) is 16.2 Å². The van der Waals surface area contributed by atoms with Crippen molar-refractivity contribution in [1.29, 1.82) is 0 Å². The molecule has 10 aromatic rings. The molecule has 1 nitrogen and oxygen atoms in total. The van der Waals surface area contributed by atoms with Crippen LogP contribution in [-0.4, -0.2) is 0 Å². The summed E-state index contributed by atoms with van der Waals surface area (Å²) >= 11 is 0. The van der Waals surface area contributed by atoms with Crippen molar-refractivity contribution < 1.29 is 0 Å². The summed E-state index contributed by atoms with van der Waals surface area (Å²) in [7, 11) is 0. The van der Waals surface area contributed by atoms with Gasteiger partial charge < -0.3 is 4.90 Å². The Morgan fingerprint density at radius 3 is 1.56 bits per heavy atom. The van der Waals surface area contributed by atoms with Crippen molar-refractivity contribution in [3.63, 3.8) is 0 Å². The van der Waals surface area contributed by atoms with Gasteiger partial charge in [-0.05, 0) is 192 Å². The second-order valence-electron chi connectivity index (χ2n) is 23.4. The number of fused-ring (bicyclic) bond motifs is 14. The lowest BCUT2D eigenvalue weighted by molar-refractivity contribution is -0.00517. The van der Waals surface area contributed by atoms with Crippen molar-refractivity contribution in [3.8, 4) is 55.6 Å². The first kappa shape index (κ1) is 41.8. The first-order valence-corrected chi connectivity index (χ1v) is 27.1. The van der Waals surface area contributed by atoms with Crippen LogP contribution in [0.15, 0.2) is 218 Å². The molecule has 0 saturated heterocycles. The van der Waals surface area contributed by atoms with Crippen molar-refractivity contribution in [3.05, 3.63) is 257 Å². The minimum absolute atomic E-state index is 0.141. The third kappa shape index (κ3) is 5.74. The van der Waals surface area contributed by atoms with Crippen LogP contribution in [0.4, 0.5) is 17.1 Å². The Balaban J connectivity index is 0.924. The van der Waals surface area contributed by atoms with Crippen LogP contribution < -0.4 is 4.90 Å². The second kappa shape index (κ2) is 15.2. The SMILES string of the molecule is CC1(C)c2ccccc2-c2c(N(c3ccc(-c4cccc5cccc(-c6ccccc6)c45)cc3)c3ccc4c(c3)C3(c5ccccc5-c5ccccc53)c3ccc(C56CC7CC(CC(C7)C5)C6)cc3-4)cccc21. The number of nitrogens with zero attached hydrogens (tertiary/aromatic N) is 1. The lowest BCUT2D eigenvalue weighted by Gasteiger charge is -2.57. The van der Waals surface area contributed by atoms with Gasteiger partial charge in [-0.25, -0.2) is 0 Å². The largest absolute Gasteiger partial charge is 0.310 e. The fraction of sp³-hybridized carbons (Fsp3) is 0.194. The zero-order valence-electron chi connectivity index (χ0n) is 41.7. The molecule has 4 fully saturated rings. The summed E-state index contributed by atoms with van der Waals surface area (Å²) in [6.45, 7) is 4.80. The molecule has 0 unspecified atom stereocenters. The van der Waals surface area contributed by atoms with Gasteiger partial charge >= 0.3 is 0 Å². The first-order chi connectivity index (χ1) is 35.9. The van der Waals surface area contributed by atoms with Gasteiger partial charge in [-0.1, -0.05) is 202 Å². The molecule has 0 radical (unpaired) electrons. The van der Waals surface area contributed by atoms with E-state index < -0.39 is 5.41 Å². The number of hydrogen-bond donors (Lipinski definition) is 0. The van der Waals surface area contributed by atoms with E-state index in [0.717, 1.165) is 23.4 Å². The van der Waals surface area contributed by atoms with E-state index in [9.17, 15) is 0 Å². The summed E-state index contributed by atoms with van der Waals surface area (Å²) in [5, 5.41) is 2.53. The van der Waals surface area contributed by atoms with Gasteiger partial charge in [0.2, 0.25) is 0 Å². The maximum atomic E-state index is 2.70. The molecule has 350 valence electrons. The molecule has 1 spiro atoms. The van der Waals surface area contributed by atoms with E-state index >= 15 is 0 Å². The fourth-order valence-corrected chi connectivity index (χ4v) is 16.6. The Kier molecular flexibility index (Phi) is 8.69. The molecule has 0 heterocycles. The van der Waals surface area contributed by atoms with E-state index in [1.165, 1.54) is 150 Å². The molecule has 10 aromatic carbocycles. The summed E-state index contributed by atoms with van der Waals surface area (Å²) in [5.41, 5.74) is 26.3. The Hall–Kier alpha value is -7.74. The molecule has 4 saturated carbocycles. The quantitative estimate of drug-likeness (QED) is 0.161. The Bertz CT molecular complexity index is 3840. The predicted molar refractivity (Wildman–Crippen MR) is 303 cm³/mol. The van der Waals surface area contributed by atoms with E-state index in [1.807, 2.05) is 0 Å². The average Bonchev–Trinajstić information content (AvgIpc) is 4.00. The van der Waals surface area contributed by atoms with Crippen molar-refractivity contribution in [2.75, 3.05) is 4.90 Å². The number of benzene rings is 10. The summed E-state index contributed by atoms with van der Waals surface area (Å²) in [6, 6.07) is 84.0. The molecule has 1 heteroatoms. The summed E-state index contributed by atoms with van der Waals surface area (Å²) in [6.07, 6.45) is 8.46. The highest BCUT2D eigenvalue weighted by Gasteiger charge is 2.55. The highest BCUT2D eigenvalue weighted by atomic mass is 15.1. The van der Waals surface area contributed by atoms with Gasteiger partial charge in [-0.3, -0.25) is 0 Å². The molecule has 7 aliphatic rings. The van der Waals surface area contributed by atoms with Gasteiger partial charge in [-0.2, -0.15) is 0 Å². The number of hydrogen-bond acceptors (Lipinski definition) is 1. The maximum absolute atomic E-state index is 2.70. The highest BCUT2D eigenvalue weighted by Crippen LogP contribution is 2.66. The second-order valence-corrected chi connectivity index (χ2v) is 23.4. The van der Waals surface area contributed by atoms with Crippen molar-refractivity contribution >= 4 is 27.8 Å². The standard InChI is InChI=1S/C72H57N/c1-70(2)61-24-9-8-21-59(61)69-65(70)27-14-28-67(69)73(52-32-29-49(30-33-52)55-23-13-18-50-17-12-22-54(68(50)55)48-15-4-3-5-16-48)53-34-35-58-60-40-51(71-42-45-37-46(43-71)39-47(38-45)44-71)31-36-64(60)72(66(58)41-53)62-25-10-6-19-56(62)57-20-7-11-26-63(57)72/h3-36,40-41,45-47H,37-39,42-44H2,1-2H3. The smallest absolute Gasteiger partial charge is 0.0726 e. The summed E-state index contributed by atoms with van der Waals surface area (Å²) < 4.78 is 0. The van der Waals surface area contributed by atoms with Crippen LogP contribution in [0.5, 0.6) is 0 Å². The zero-order chi connectivity index (χ0) is 48.2.